The average Bonchev–Trinajstić information content (AvgIpc) is 2.93. The molecule has 144 valence electrons. The van der Waals surface area contributed by atoms with E-state index < -0.39 is 5.91 Å². The molecule has 1 saturated heterocycles. The van der Waals surface area contributed by atoms with Crippen LogP contribution in [0.4, 0.5) is 5.00 Å². The minimum atomic E-state index is -0.430. The van der Waals surface area contributed by atoms with Crippen molar-refractivity contribution in [3.8, 4) is 0 Å². The van der Waals surface area contributed by atoms with Gasteiger partial charge in [0.15, 0.2) is 0 Å². The van der Waals surface area contributed by atoms with Gasteiger partial charge in [0.05, 0.1) is 12.1 Å². The number of hydrogen-bond acceptors (Lipinski definition) is 5. The standard InChI is InChI=1S/C19H30N4O2S/c1-3-6-22-7-9-23(10-8-22)12-16(24)21-19-17(18(20)25)14-5-4-13(2)11-15(14)26-19/h13H,3-12H2,1-2H3,(H2,20,25)(H,21,24)/t13-/m0/s1. The second kappa shape index (κ2) is 8.50. The number of rotatable bonds is 6. The Hall–Kier alpha value is -1.44. The van der Waals surface area contributed by atoms with Crippen molar-refractivity contribution in [1.29, 1.82) is 0 Å². The van der Waals surface area contributed by atoms with Gasteiger partial charge in [0, 0.05) is 31.1 Å². The molecule has 0 spiro atoms. The van der Waals surface area contributed by atoms with Crippen molar-refractivity contribution in [2.45, 2.75) is 39.5 Å². The number of carbonyl (C=O) groups is 2. The summed E-state index contributed by atoms with van der Waals surface area (Å²) in [6.07, 6.45) is 4.08. The predicted molar refractivity (Wildman–Crippen MR) is 106 cm³/mol. The van der Waals surface area contributed by atoms with Crippen LogP contribution in [0.5, 0.6) is 0 Å². The van der Waals surface area contributed by atoms with Gasteiger partial charge < -0.3 is 16.0 Å². The van der Waals surface area contributed by atoms with Crippen LogP contribution >= 0.6 is 11.3 Å². The SMILES string of the molecule is CCCN1CCN(CC(=O)Nc2sc3c(c2C(N)=O)CC[C@H](C)C3)CC1. The van der Waals surface area contributed by atoms with E-state index >= 15 is 0 Å². The zero-order chi connectivity index (χ0) is 18.7. The molecular weight excluding hydrogens is 348 g/mol. The van der Waals surface area contributed by atoms with E-state index in [4.69, 9.17) is 5.73 Å². The van der Waals surface area contributed by atoms with Crippen LogP contribution in [-0.2, 0) is 17.6 Å². The van der Waals surface area contributed by atoms with E-state index in [0.717, 1.165) is 64.0 Å². The highest BCUT2D eigenvalue weighted by molar-refractivity contribution is 7.17. The van der Waals surface area contributed by atoms with E-state index in [1.165, 1.54) is 16.2 Å². The molecule has 26 heavy (non-hydrogen) atoms. The molecule has 0 saturated carbocycles. The van der Waals surface area contributed by atoms with Gasteiger partial charge in [-0.15, -0.1) is 11.3 Å². The maximum absolute atomic E-state index is 12.5. The van der Waals surface area contributed by atoms with Crippen molar-refractivity contribution in [2.75, 3.05) is 44.6 Å². The lowest BCUT2D eigenvalue weighted by atomic mass is 9.88. The van der Waals surface area contributed by atoms with Gasteiger partial charge in [0.1, 0.15) is 5.00 Å². The number of hydrogen-bond donors (Lipinski definition) is 2. The van der Waals surface area contributed by atoms with E-state index in [1.807, 2.05) is 0 Å². The monoisotopic (exact) mass is 378 g/mol. The smallest absolute Gasteiger partial charge is 0.251 e. The number of primary amides is 1. The van der Waals surface area contributed by atoms with Gasteiger partial charge in [0.25, 0.3) is 5.91 Å². The molecule has 0 bridgehead atoms. The normalized spacial score (nSPS) is 21.4. The first kappa shape index (κ1) is 19.3. The third kappa shape index (κ3) is 4.45. The Morgan fingerprint density at radius 2 is 1.92 bits per heavy atom. The molecule has 1 atom stereocenters. The van der Waals surface area contributed by atoms with Crippen molar-refractivity contribution in [2.24, 2.45) is 11.7 Å². The van der Waals surface area contributed by atoms with Crippen LogP contribution in [0.25, 0.3) is 0 Å². The zero-order valence-electron chi connectivity index (χ0n) is 15.8. The zero-order valence-corrected chi connectivity index (χ0v) is 16.7. The van der Waals surface area contributed by atoms with Gasteiger partial charge in [-0.2, -0.15) is 0 Å². The fraction of sp³-hybridized carbons (Fsp3) is 0.684. The number of thiophene rings is 1. The van der Waals surface area contributed by atoms with Crippen LogP contribution < -0.4 is 11.1 Å². The summed E-state index contributed by atoms with van der Waals surface area (Å²) in [6, 6.07) is 0. The molecule has 7 heteroatoms. The second-order valence-electron chi connectivity index (χ2n) is 7.59. The fourth-order valence-electron chi connectivity index (χ4n) is 3.96. The number of amides is 2. The van der Waals surface area contributed by atoms with Gasteiger partial charge >= 0.3 is 0 Å². The number of anilines is 1. The molecule has 1 fully saturated rings. The first-order chi connectivity index (χ1) is 12.5. The van der Waals surface area contributed by atoms with Crippen molar-refractivity contribution < 1.29 is 9.59 Å². The lowest BCUT2D eigenvalue weighted by Crippen LogP contribution is -2.48. The molecule has 2 aliphatic rings. The first-order valence-corrected chi connectivity index (χ1v) is 10.5. The first-order valence-electron chi connectivity index (χ1n) is 9.66. The largest absolute Gasteiger partial charge is 0.365 e. The van der Waals surface area contributed by atoms with Gasteiger partial charge in [-0.25, -0.2) is 0 Å². The highest BCUT2D eigenvalue weighted by atomic mass is 32.1. The number of piperazine rings is 1. The second-order valence-corrected chi connectivity index (χ2v) is 8.69. The van der Waals surface area contributed by atoms with Crippen molar-refractivity contribution in [1.82, 2.24) is 9.80 Å². The molecule has 0 aromatic carbocycles. The lowest BCUT2D eigenvalue weighted by molar-refractivity contribution is -0.117. The Kier molecular flexibility index (Phi) is 6.32. The van der Waals surface area contributed by atoms with Crippen LogP contribution in [0.3, 0.4) is 0 Å². The molecule has 6 nitrogen and oxygen atoms in total. The maximum Gasteiger partial charge on any atom is 0.251 e. The van der Waals surface area contributed by atoms with Gasteiger partial charge in [-0.3, -0.25) is 14.5 Å². The van der Waals surface area contributed by atoms with Gasteiger partial charge in [-0.1, -0.05) is 13.8 Å². The van der Waals surface area contributed by atoms with Crippen molar-refractivity contribution >= 4 is 28.2 Å². The highest BCUT2D eigenvalue weighted by Gasteiger charge is 2.27. The number of carbonyl (C=O) groups excluding carboxylic acids is 2. The summed E-state index contributed by atoms with van der Waals surface area (Å²) in [5, 5.41) is 3.62. The quantitative estimate of drug-likeness (QED) is 0.793. The van der Waals surface area contributed by atoms with Crippen LogP contribution in [0.2, 0.25) is 0 Å². The molecule has 3 N–H and O–H groups in total. The third-order valence-corrected chi connectivity index (χ3v) is 6.55. The fourth-order valence-corrected chi connectivity index (χ4v) is 5.39. The molecular formula is C19H30N4O2S. The molecule has 1 aromatic rings. The topological polar surface area (TPSA) is 78.7 Å². The molecule has 0 unspecified atom stereocenters. The Balaban J connectivity index is 1.62. The number of fused-ring (bicyclic) bond motifs is 1. The van der Waals surface area contributed by atoms with Gasteiger partial charge in [-0.05, 0) is 43.7 Å². The summed E-state index contributed by atoms with van der Waals surface area (Å²) in [6.45, 7) is 9.76. The molecule has 3 rings (SSSR count). The summed E-state index contributed by atoms with van der Waals surface area (Å²) in [7, 11) is 0. The highest BCUT2D eigenvalue weighted by Crippen LogP contribution is 2.39. The minimum Gasteiger partial charge on any atom is -0.365 e. The third-order valence-electron chi connectivity index (χ3n) is 5.38. The number of nitrogens with two attached hydrogens (primary N) is 1. The van der Waals surface area contributed by atoms with Crippen LogP contribution in [0.1, 0.15) is 47.5 Å². The molecule has 0 radical (unpaired) electrons. The number of nitrogens with zero attached hydrogens (tertiary/aromatic N) is 2. The van der Waals surface area contributed by atoms with E-state index in [9.17, 15) is 9.59 Å². The lowest BCUT2D eigenvalue weighted by Gasteiger charge is -2.34. The summed E-state index contributed by atoms with van der Waals surface area (Å²) < 4.78 is 0. The summed E-state index contributed by atoms with van der Waals surface area (Å²) >= 11 is 1.53. The minimum absolute atomic E-state index is 0.0527. The van der Waals surface area contributed by atoms with Crippen molar-refractivity contribution in [3.63, 3.8) is 0 Å². The van der Waals surface area contributed by atoms with E-state index in [2.05, 4.69) is 29.0 Å². The summed E-state index contributed by atoms with van der Waals surface area (Å²) in [5.41, 5.74) is 7.22. The predicted octanol–water partition coefficient (Wildman–Crippen LogP) is 1.94. The van der Waals surface area contributed by atoms with Crippen molar-refractivity contribution in [3.05, 3.63) is 16.0 Å². The average molecular weight is 379 g/mol. The van der Waals surface area contributed by atoms with Gasteiger partial charge in [0.2, 0.25) is 5.91 Å². The Labute approximate surface area is 159 Å². The molecule has 1 aliphatic carbocycles. The summed E-state index contributed by atoms with van der Waals surface area (Å²) in [5.74, 6) is 0.133. The Bertz CT molecular complexity index is 665. The van der Waals surface area contributed by atoms with Crippen LogP contribution in [0, 0.1) is 5.92 Å². The van der Waals surface area contributed by atoms with Crippen LogP contribution in [-0.4, -0.2) is 60.9 Å². The van der Waals surface area contributed by atoms with Crippen LogP contribution in [0.15, 0.2) is 0 Å². The molecule has 2 amide bonds. The summed E-state index contributed by atoms with van der Waals surface area (Å²) in [4.78, 5) is 30.3. The van der Waals surface area contributed by atoms with E-state index in [1.54, 1.807) is 0 Å². The molecule has 1 aliphatic heterocycles. The Morgan fingerprint density at radius 3 is 2.58 bits per heavy atom. The molecule has 2 heterocycles. The number of nitrogens with one attached hydrogen (secondary N) is 1. The Morgan fingerprint density at radius 1 is 1.23 bits per heavy atom. The molecule has 1 aromatic heterocycles. The van der Waals surface area contributed by atoms with E-state index in [-0.39, 0.29) is 5.91 Å². The van der Waals surface area contributed by atoms with E-state index in [0.29, 0.717) is 23.0 Å². The maximum atomic E-state index is 12.5.